The van der Waals surface area contributed by atoms with Crippen molar-refractivity contribution < 1.29 is 14.3 Å². The summed E-state index contributed by atoms with van der Waals surface area (Å²) >= 11 is 0. The summed E-state index contributed by atoms with van der Waals surface area (Å²) in [6, 6.07) is 0.162. The van der Waals surface area contributed by atoms with E-state index in [-0.39, 0.29) is 17.9 Å². The third kappa shape index (κ3) is 3.91. The minimum Gasteiger partial charge on any atom is -0.383 e. The summed E-state index contributed by atoms with van der Waals surface area (Å²) in [7, 11) is 3.63. The molecular formula is C14H27N3O3. The van der Waals surface area contributed by atoms with Gasteiger partial charge in [-0.15, -0.1) is 0 Å². The van der Waals surface area contributed by atoms with Gasteiger partial charge in [-0.25, -0.2) is 0 Å². The Labute approximate surface area is 121 Å². The van der Waals surface area contributed by atoms with Crippen LogP contribution in [0.3, 0.4) is 0 Å². The number of hydrogen-bond acceptors (Lipinski definition) is 5. The maximum absolute atomic E-state index is 12.6. The van der Waals surface area contributed by atoms with Crippen LogP contribution in [0, 0.1) is 5.92 Å². The molecule has 0 aromatic heterocycles. The topological polar surface area (TPSA) is 54.0 Å². The first kappa shape index (κ1) is 15.7. The number of nitrogens with zero attached hydrogens (tertiary/aromatic N) is 2. The third-order valence-corrected chi connectivity index (χ3v) is 4.28. The Morgan fingerprint density at radius 1 is 1.30 bits per heavy atom. The van der Waals surface area contributed by atoms with Gasteiger partial charge < -0.3 is 19.7 Å². The monoisotopic (exact) mass is 285 g/mol. The first-order valence-electron chi connectivity index (χ1n) is 7.51. The van der Waals surface area contributed by atoms with Gasteiger partial charge in [0.05, 0.1) is 25.7 Å². The van der Waals surface area contributed by atoms with Gasteiger partial charge in [-0.05, 0) is 20.0 Å². The first-order valence-corrected chi connectivity index (χ1v) is 7.51. The molecule has 2 rings (SSSR count). The summed E-state index contributed by atoms with van der Waals surface area (Å²) < 4.78 is 10.6. The molecule has 1 N–H and O–H groups in total. The molecule has 0 aliphatic carbocycles. The van der Waals surface area contributed by atoms with Gasteiger partial charge in [0.25, 0.3) is 0 Å². The van der Waals surface area contributed by atoms with Gasteiger partial charge in [-0.2, -0.15) is 0 Å². The van der Waals surface area contributed by atoms with Gasteiger partial charge in [0, 0.05) is 39.3 Å². The summed E-state index contributed by atoms with van der Waals surface area (Å²) in [6.07, 6.45) is 1.03. The summed E-state index contributed by atoms with van der Waals surface area (Å²) in [4.78, 5) is 17.0. The highest BCUT2D eigenvalue weighted by atomic mass is 16.5. The molecule has 2 aliphatic rings. The Morgan fingerprint density at radius 3 is 2.90 bits per heavy atom. The molecule has 116 valence electrons. The van der Waals surface area contributed by atoms with Crippen LogP contribution in [-0.2, 0) is 14.3 Å². The molecule has 0 bridgehead atoms. The van der Waals surface area contributed by atoms with Crippen LogP contribution < -0.4 is 5.32 Å². The minimum atomic E-state index is -0.0227. The standard InChI is InChI=1S/C14H27N3O3/c1-15-13-11-20-10-12(13)14(18)17-5-3-4-16(6-7-17)8-9-19-2/h12-13,15H,3-11H2,1-2H3. The lowest BCUT2D eigenvalue weighted by Crippen LogP contribution is -2.46. The van der Waals surface area contributed by atoms with Gasteiger partial charge in [0.2, 0.25) is 5.91 Å². The number of likely N-dealkylation sites (N-methyl/N-ethyl adjacent to an activating group) is 1. The molecule has 0 spiro atoms. The van der Waals surface area contributed by atoms with Crippen LogP contribution in [0.1, 0.15) is 6.42 Å². The van der Waals surface area contributed by atoms with E-state index < -0.39 is 0 Å². The van der Waals surface area contributed by atoms with Gasteiger partial charge in [0.1, 0.15) is 0 Å². The molecule has 0 saturated carbocycles. The van der Waals surface area contributed by atoms with Crippen molar-refractivity contribution in [3.63, 3.8) is 0 Å². The largest absolute Gasteiger partial charge is 0.383 e. The molecule has 2 heterocycles. The van der Waals surface area contributed by atoms with E-state index in [0.717, 1.165) is 45.8 Å². The highest BCUT2D eigenvalue weighted by Gasteiger charge is 2.36. The second-order valence-electron chi connectivity index (χ2n) is 5.55. The molecule has 1 amide bonds. The zero-order valence-electron chi connectivity index (χ0n) is 12.6. The van der Waals surface area contributed by atoms with E-state index in [1.807, 2.05) is 11.9 Å². The van der Waals surface area contributed by atoms with Gasteiger partial charge in [-0.1, -0.05) is 0 Å². The molecule has 6 heteroatoms. The van der Waals surface area contributed by atoms with Crippen molar-refractivity contribution in [1.29, 1.82) is 0 Å². The average Bonchev–Trinajstić information content (AvgIpc) is 2.82. The quantitative estimate of drug-likeness (QED) is 0.731. The fraction of sp³-hybridized carbons (Fsp3) is 0.929. The molecule has 2 unspecified atom stereocenters. The molecule has 2 fully saturated rings. The van der Waals surface area contributed by atoms with E-state index >= 15 is 0 Å². The van der Waals surface area contributed by atoms with Gasteiger partial charge in [-0.3, -0.25) is 9.69 Å². The Bertz CT molecular complexity index is 314. The molecule has 2 aliphatic heterocycles. The lowest BCUT2D eigenvalue weighted by molar-refractivity contribution is -0.135. The fourth-order valence-electron chi connectivity index (χ4n) is 2.95. The Kier molecular flexibility index (Phi) is 6.22. The highest BCUT2D eigenvalue weighted by Crippen LogP contribution is 2.17. The van der Waals surface area contributed by atoms with Crippen LogP contribution in [0.5, 0.6) is 0 Å². The lowest BCUT2D eigenvalue weighted by atomic mass is 10.0. The van der Waals surface area contributed by atoms with Crippen molar-refractivity contribution in [3.8, 4) is 0 Å². The Morgan fingerprint density at radius 2 is 2.15 bits per heavy atom. The molecule has 20 heavy (non-hydrogen) atoms. The van der Waals surface area contributed by atoms with Gasteiger partial charge in [0.15, 0.2) is 0 Å². The molecule has 0 aromatic carbocycles. The Balaban J connectivity index is 1.84. The third-order valence-electron chi connectivity index (χ3n) is 4.28. The van der Waals surface area contributed by atoms with E-state index in [1.54, 1.807) is 7.11 Å². The predicted molar refractivity (Wildman–Crippen MR) is 76.7 cm³/mol. The SMILES string of the molecule is CNC1COCC1C(=O)N1CCCN(CCOC)CC1. The lowest BCUT2D eigenvalue weighted by Gasteiger charge is -2.26. The predicted octanol–water partition coefficient (Wildman–Crippen LogP) is -0.598. The number of rotatable bonds is 5. The molecule has 2 atom stereocenters. The zero-order valence-corrected chi connectivity index (χ0v) is 12.6. The Hall–Kier alpha value is -0.690. The van der Waals surface area contributed by atoms with Crippen LogP contribution in [0.25, 0.3) is 0 Å². The van der Waals surface area contributed by atoms with Crippen molar-refractivity contribution in [2.24, 2.45) is 5.92 Å². The molecule has 6 nitrogen and oxygen atoms in total. The van der Waals surface area contributed by atoms with E-state index in [2.05, 4.69) is 10.2 Å². The van der Waals surface area contributed by atoms with Crippen molar-refractivity contribution in [1.82, 2.24) is 15.1 Å². The van der Waals surface area contributed by atoms with Crippen LogP contribution in [0.4, 0.5) is 0 Å². The van der Waals surface area contributed by atoms with Gasteiger partial charge >= 0.3 is 0 Å². The normalized spacial score (nSPS) is 28.6. The van der Waals surface area contributed by atoms with Crippen molar-refractivity contribution >= 4 is 5.91 Å². The molecule has 2 saturated heterocycles. The highest BCUT2D eigenvalue weighted by molar-refractivity contribution is 5.80. The zero-order chi connectivity index (χ0) is 14.4. The number of carbonyl (C=O) groups excluding carboxylic acids is 1. The van der Waals surface area contributed by atoms with Crippen molar-refractivity contribution in [2.45, 2.75) is 12.5 Å². The average molecular weight is 285 g/mol. The summed E-state index contributed by atoms with van der Waals surface area (Å²) in [5, 5.41) is 3.19. The van der Waals surface area contributed by atoms with Crippen LogP contribution in [-0.4, -0.2) is 88.5 Å². The number of amides is 1. The number of methoxy groups -OCH3 is 1. The molecule has 0 radical (unpaired) electrons. The van der Waals surface area contributed by atoms with E-state index in [0.29, 0.717) is 13.2 Å². The number of carbonyl (C=O) groups is 1. The van der Waals surface area contributed by atoms with Crippen LogP contribution >= 0.6 is 0 Å². The maximum atomic E-state index is 12.6. The smallest absolute Gasteiger partial charge is 0.229 e. The fourth-order valence-corrected chi connectivity index (χ4v) is 2.95. The summed E-state index contributed by atoms with van der Waals surface area (Å²) in [5.41, 5.74) is 0. The van der Waals surface area contributed by atoms with Crippen molar-refractivity contribution in [2.75, 3.05) is 66.7 Å². The van der Waals surface area contributed by atoms with E-state index in [1.165, 1.54) is 0 Å². The second-order valence-corrected chi connectivity index (χ2v) is 5.55. The summed E-state index contributed by atoms with van der Waals surface area (Å²) in [5.74, 6) is 0.223. The number of ether oxygens (including phenoxy) is 2. The summed E-state index contributed by atoms with van der Waals surface area (Å²) in [6.45, 7) is 6.55. The van der Waals surface area contributed by atoms with E-state index in [4.69, 9.17) is 9.47 Å². The van der Waals surface area contributed by atoms with Crippen LogP contribution in [0.15, 0.2) is 0 Å². The van der Waals surface area contributed by atoms with Crippen molar-refractivity contribution in [3.05, 3.63) is 0 Å². The number of hydrogen-bond donors (Lipinski definition) is 1. The first-order chi connectivity index (χ1) is 9.76. The molecular weight excluding hydrogens is 258 g/mol. The van der Waals surface area contributed by atoms with Crippen LogP contribution in [0.2, 0.25) is 0 Å². The second kappa shape index (κ2) is 7.93. The molecule has 0 aromatic rings. The minimum absolute atomic E-state index is 0.0227. The number of nitrogens with one attached hydrogen (secondary N) is 1. The van der Waals surface area contributed by atoms with E-state index in [9.17, 15) is 4.79 Å². The maximum Gasteiger partial charge on any atom is 0.229 e.